The Bertz CT molecular complexity index is 1230. The Morgan fingerprint density at radius 3 is 1.44 bits per heavy atom. The maximum Gasteiger partial charge on any atom is 0.326 e. The number of likely N-dealkylation sites (tertiary alicyclic amines) is 1. The Balaban J connectivity index is 3.10. The molecule has 1 fully saturated rings. The van der Waals surface area contributed by atoms with Gasteiger partial charge in [-0.3, -0.25) is 28.8 Å². The zero-order valence-electron chi connectivity index (χ0n) is 31.0. The van der Waals surface area contributed by atoms with Crippen LogP contribution in [0.25, 0.3) is 0 Å². The van der Waals surface area contributed by atoms with Gasteiger partial charge in [-0.1, -0.05) is 0 Å². The van der Waals surface area contributed by atoms with E-state index in [-0.39, 0.29) is 38.8 Å². The van der Waals surface area contributed by atoms with Gasteiger partial charge >= 0.3 is 5.97 Å². The van der Waals surface area contributed by atoms with E-state index >= 15 is 0 Å². The quantitative estimate of drug-likeness (QED) is 0.0346. The van der Waals surface area contributed by atoms with Crippen molar-refractivity contribution in [2.75, 3.05) is 39.4 Å². The molecule has 310 valence electrons. The molecule has 21 heteroatoms. The number of rotatable bonds is 27. The minimum Gasteiger partial charge on any atom is -0.480 e. The number of aliphatic hydroxyl groups excluding tert-OH is 3. The van der Waals surface area contributed by atoms with Crippen molar-refractivity contribution >= 4 is 41.4 Å². The van der Waals surface area contributed by atoms with Gasteiger partial charge in [0.1, 0.15) is 42.3 Å². The first kappa shape index (κ1) is 48.0. The van der Waals surface area contributed by atoms with Crippen LogP contribution >= 0.6 is 0 Å². The number of aliphatic carboxylic acids is 1. The van der Waals surface area contributed by atoms with Gasteiger partial charge in [0, 0.05) is 6.54 Å². The highest BCUT2D eigenvalue weighted by molar-refractivity contribution is 5.97. The molecule has 0 spiro atoms. The van der Waals surface area contributed by atoms with Crippen LogP contribution < -0.4 is 49.5 Å². The summed E-state index contributed by atoms with van der Waals surface area (Å²) in [6.07, 6.45) is 2.37. The average Bonchev–Trinajstić information content (AvgIpc) is 3.64. The first-order chi connectivity index (χ1) is 25.7. The van der Waals surface area contributed by atoms with Gasteiger partial charge in [0.05, 0.1) is 19.3 Å². The summed E-state index contributed by atoms with van der Waals surface area (Å²) < 4.78 is 0. The summed E-state index contributed by atoms with van der Waals surface area (Å²) in [5.41, 5.74) is 22.5. The molecule has 1 saturated heterocycles. The van der Waals surface area contributed by atoms with Gasteiger partial charge in [-0.2, -0.15) is 0 Å². The largest absolute Gasteiger partial charge is 0.480 e. The number of aliphatic hydroxyl groups is 3. The summed E-state index contributed by atoms with van der Waals surface area (Å²) in [4.78, 5) is 92.1. The topological polar surface area (TPSA) is 368 Å². The molecule has 1 rings (SSSR count). The number of carboxylic acids is 1. The molecule has 0 bridgehead atoms. The van der Waals surface area contributed by atoms with E-state index in [9.17, 15) is 54.0 Å². The highest BCUT2D eigenvalue weighted by Gasteiger charge is 2.39. The third-order valence-corrected chi connectivity index (χ3v) is 9.00. The lowest BCUT2D eigenvalue weighted by molar-refractivity contribution is -0.143. The molecule has 1 aliphatic heterocycles. The normalized spacial score (nSPS) is 17.9. The van der Waals surface area contributed by atoms with Crippen molar-refractivity contribution in [1.29, 1.82) is 0 Å². The molecular formula is C33H62N10O11. The van der Waals surface area contributed by atoms with Crippen LogP contribution in [0.15, 0.2) is 0 Å². The van der Waals surface area contributed by atoms with Crippen LogP contribution in [0.3, 0.4) is 0 Å². The van der Waals surface area contributed by atoms with Gasteiger partial charge in [0.15, 0.2) is 0 Å². The molecule has 0 aromatic carbocycles. The Labute approximate surface area is 315 Å². The van der Waals surface area contributed by atoms with Gasteiger partial charge in [0.25, 0.3) is 0 Å². The molecule has 0 unspecified atom stereocenters. The second kappa shape index (κ2) is 25.9. The number of carbonyl (C=O) groups is 7. The van der Waals surface area contributed by atoms with Crippen molar-refractivity contribution in [1.82, 2.24) is 31.5 Å². The Kier molecular flexibility index (Phi) is 23.1. The molecule has 1 aliphatic rings. The van der Waals surface area contributed by atoms with Gasteiger partial charge in [0.2, 0.25) is 35.4 Å². The van der Waals surface area contributed by atoms with Gasteiger partial charge < -0.3 is 74.8 Å². The van der Waals surface area contributed by atoms with E-state index < -0.39 is 103 Å². The monoisotopic (exact) mass is 774 g/mol. The van der Waals surface area contributed by atoms with Crippen molar-refractivity contribution < 1.29 is 54.0 Å². The molecule has 0 aliphatic carbocycles. The van der Waals surface area contributed by atoms with Crippen LogP contribution in [0.1, 0.15) is 77.6 Å². The van der Waals surface area contributed by atoms with Crippen molar-refractivity contribution in [3.63, 3.8) is 0 Å². The predicted molar refractivity (Wildman–Crippen MR) is 195 cm³/mol. The number of hydrogen-bond donors (Lipinski definition) is 13. The van der Waals surface area contributed by atoms with Crippen molar-refractivity contribution in [2.24, 2.45) is 22.9 Å². The standard InChI is InChI=1S/C33H62N10O11/c1-19(46)26(37)32(52)43-16-8-12-25(43)31(51)39-21(10-3-6-14-35)28(48)41-23(17-44)29(49)38-20(9-2-5-13-34)27(47)42-24(18-45)30(50)40-22(33(53)54)11-4-7-15-36/h19-26,44-46H,2-18,34-37H2,1H3,(H,38,49)(H,39,51)(H,40,50)(H,41,48)(H,42,47)(H,53,54)/t19-,20+,21+,22+,23+,24+,25+,26+/m1/s1. The van der Waals surface area contributed by atoms with Crippen LogP contribution in [0.2, 0.25) is 0 Å². The van der Waals surface area contributed by atoms with Crippen LogP contribution in [-0.2, 0) is 33.6 Å². The first-order valence-corrected chi connectivity index (χ1v) is 18.5. The minimum atomic E-state index is -1.61. The van der Waals surface area contributed by atoms with E-state index in [1.54, 1.807) is 0 Å². The number of amides is 6. The second-order valence-corrected chi connectivity index (χ2v) is 13.3. The lowest BCUT2D eigenvalue weighted by atomic mass is 10.1. The first-order valence-electron chi connectivity index (χ1n) is 18.5. The van der Waals surface area contributed by atoms with Gasteiger partial charge in [-0.15, -0.1) is 0 Å². The van der Waals surface area contributed by atoms with Crippen LogP contribution in [0.5, 0.6) is 0 Å². The number of unbranched alkanes of at least 4 members (excludes halogenated alkanes) is 3. The smallest absolute Gasteiger partial charge is 0.326 e. The molecule has 54 heavy (non-hydrogen) atoms. The summed E-state index contributed by atoms with van der Waals surface area (Å²) in [7, 11) is 0. The summed E-state index contributed by atoms with van der Waals surface area (Å²) in [6.45, 7) is 0.640. The molecule has 0 aromatic rings. The van der Waals surface area contributed by atoms with Crippen molar-refractivity contribution in [3.05, 3.63) is 0 Å². The fourth-order valence-corrected chi connectivity index (χ4v) is 5.72. The van der Waals surface area contributed by atoms with Gasteiger partial charge in [-0.05, 0) is 97.2 Å². The number of hydrogen-bond acceptors (Lipinski definition) is 14. The van der Waals surface area contributed by atoms with Crippen molar-refractivity contribution in [3.8, 4) is 0 Å². The lowest BCUT2D eigenvalue weighted by Crippen LogP contribution is -2.60. The zero-order valence-corrected chi connectivity index (χ0v) is 31.0. The highest BCUT2D eigenvalue weighted by atomic mass is 16.4. The third-order valence-electron chi connectivity index (χ3n) is 9.00. The second-order valence-electron chi connectivity index (χ2n) is 13.3. The SMILES string of the molecule is C[C@@H](O)[C@H](N)C(=O)N1CCC[C@H]1C(=O)N[C@@H](CCCCN)C(=O)N[C@@H](CO)C(=O)N[C@@H](CCCCN)C(=O)N[C@@H](CO)C(=O)N[C@@H](CCCCN)C(=O)O. The lowest BCUT2D eigenvalue weighted by Gasteiger charge is -2.29. The molecule has 6 amide bonds. The molecular weight excluding hydrogens is 712 g/mol. The number of carbonyl (C=O) groups excluding carboxylic acids is 6. The summed E-state index contributed by atoms with van der Waals surface area (Å²) in [5.74, 6) is -6.30. The molecule has 8 atom stereocenters. The fourth-order valence-electron chi connectivity index (χ4n) is 5.72. The molecule has 0 saturated carbocycles. The zero-order chi connectivity index (χ0) is 40.8. The number of nitrogens with one attached hydrogen (secondary N) is 5. The van der Waals surface area contributed by atoms with E-state index in [0.29, 0.717) is 58.0 Å². The highest BCUT2D eigenvalue weighted by Crippen LogP contribution is 2.19. The van der Waals surface area contributed by atoms with E-state index in [1.165, 1.54) is 11.8 Å². The van der Waals surface area contributed by atoms with Crippen LogP contribution in [0, 0.1) is 0 Å². The average molecular weight is 775 g/mol. The Hall–Kier alpha value is -3.99. The predicted octanol–water partition coefficient (Wildman–Crippen LogP) is -5.43. The number of carboxylic acid groups (broad SMARTS) is 1. The molecule has 0 aromatic heterocycles. The van der Waals surface area contributed by atoms with Gasteiger partial charge in [-0.25, -0.2) is 4.79 Å². The van der Waals surface area contributed by atoms with E-state index in [4.69, 9.17) is 22.9 Å². The summed E-state index contributed by atoms with van der Waals surface area (Å²) in [5, 5.41) is 51.3. The van der Waals surface area contributed by atoms with Crippen molar-refractivity contribution in [2.45, 2.75) is 126 Å². The fraction of sp³-hybridized carbons (Fsp3) is 0.788. The Morgan fingerprint density at radius 1 is 0.648 bits per heavy atom. The summed E-state index contributed by atoms with van der Waals surface area (Å²) in [6, 6.07) is -9.26. The molecule has 0 radical (unpaired) electrons. The Morgan fingerprint density at radius 2 is 1.04 bits per heavy atom. The van der Waals surface area contributed by atoms with E-state index in [1.807, 2.05) is 0 Å². The molecule has 1 heterocycles. The minimum absolute atomic E-state index is 0.00454. The third kappa shape index (κ3) is 16.2. The maximum atomic E-state index is 13.5. The molecule has 17 N–H and O–H groups in total. The summed E-state index contributed by atoms with van der Waals surface area (Å²) >= 11 is 0. The number of nitrogens with zero attached hydrogens (tertiary/aromatic N) is 1. The number of nitrogens with two attached hydrogens (primary N) is 4. The van der Waals surface area contributed by atoms with Crippen LogP contribution in [0.4, 0.5) is 0 Å². The molecule has 21 nitrogen and oxygen atoms in total. The maximum absolute atomic E-state index is 13.5. The van der Waals surface area contributed by atoms with Crippen LogP contribution in [-0.4, -0.2) is 155 Å². The van der Waals surface area contributed by atoms with E-state index in [2.05, 4.69) is 26.6 Å². The van der Waals surface area contributed by atoms with E-state index in [0.717, 1.165) is 0 Å².